The number of allylic oxidation sites excluding steroid dienone is 3. The van der Waals surface area contributed by atoms with Crippen molar-refractivity contribution >= 4 is 23.9 Å². The zero-order valence-electron chi connectivity index (χ0n) is 24.2. The fourth-order valence-corrected chi connectivity index (χ4v) is 6.31. The van der Waals surface area contributed by atoms with Crippen molar-refractivity contribution in [1.29, 1.82) is 0 Å². The van der Waals surface area contributed by atoms with E-state index in [0.29, 0.717) is 23.5 Å². The van der Waals surface area contributed by atoms with Crippen LogP contribution in [0.1, 0.15) is 84.3 Å². The van der Waals surface area contributed by atoms with Gasteiger partial charge in [-0.1, -0.05) is 139 Å². The molecule has 2 heteroatoms. The van der Waals surface area contributed by atoms with Gasteiger partial charge in [0.05, 0.1) is 0 Å². The van der Waals surface area contributed by atoms with Crippen LogP contribution in [0.3, 0.4) is 0 Å². The summed E-state index contributed by atoms with van der Waals surface area (Å²) < 4.78 is 0. The molecule has 0 unspecified atom stereocenters. The average molecular weight is 494 g/mol. The lowest BCUT2D eigenvalue weighted by Crippen LogP contribution is -2.29. The highest BCUT2D eigenvalue weighted by atomic mass is 15.1. The van der Waals surface area contributed by atoms with Crippen molar-refractivity contribution in [2.24, 2.45) is 16.7 Å². The minimum Gasteiger partial charge on any atom is -0.341 e. The molecule has 0 radical (unpaired) electrons. The summed E-state index contributed by atoms with van der Waals surface area (Å²) in [6, 6.07) is 18.4. The molecular formula is C35H48BN. The fourth-order valence-electron chi connectivity index (χ4n) is 6.31. The maximum atomic E-state index is 4.67. The van der Waals surface area contributed by atoms with E-state index < -0.39 is 0 Å². The maximum absolute atomic E-state index is 4.67. The van der Waals surface area contributed by atoms with Gasteiger partial charge in [0.2, 0.25) is 0 Å². The van der Waals surface area contributed by atoms with Gasteiger partial charge in [-0.25, -0.2) is 0 Å². The molecule has 1 nitrogen and oxygen atoms in total. The summed E-state index contributed by atoms with van der Waals surface area (Å²) >= 11 is 0. The van der Waals surface area contributed by atoms with Crippen LogP contribution in [-0.2, 0) is 6.54 Å². The van der Waals surface area contributed by atoms with Gasteiger partial charge in [0.25, 0.3) is 0 Å². The smallest absolute Gasteiger partial charge is 0.176 e. The van der Waals surface area contributed by atoms with Crippen LogP contribution in [-0.4, -0.2) is 6.71 Å². The summed E-state index contributed by atoms with van der Waals surface area (Å²) in [7, 11) is 0. The summed E-state index contributed by atoms with van der Waals surface area (Å²) in [6.45, 7) is 22.3. The number of benzene rings is 2. The second-order valence-corrected chi connectivity index (χ2v) is 13.0. The third kappa shape index (κ3) is 6.51. The molecule has 4 rings (SSSR count). The molecule has 0 atom stereocenters. The lowest BCUT2D eigenvalue weighted by atomic mass is 9.42. The first-order valence-corrected chi connectivity index (χ1v) is 14.6. The van der Waals surface area contributed by atoms with E-state index in [1.54, 1.807) is 0 Å². The quantitative estimate of drug-likeness (QED) is 0.248. The van der Waals surface area contributed by atoms with Gasteiger partial charge in [-0.3, -0.25) is 0 Å². The van der Waals surface area contributed by atoms with Crippen molar-refractivity contribution in [2.75, 3.05) is 4.90 Å². The molecule has 2 aliphatic rings. The van der Waals surface area contributed by atoms with Crippen molar-refractivity contribution in [1.82, 2.24) is 0 Å². The number of rotatable bonds is 9. The molecule has 0 spiro atoms. The molecule has 1 saturated carbocycles. The van der Waals surface area contributed by atoms with Gasteiger partial charge in [0, 0.05) is 17.9 Å². The monoisotopic (exact) mass is 493 g/mol. The maximum Gasteiger partial charge on any atom is 0.176 e. The van der Waals surface area contributed by atoms with Crippen LogP contribution < -0.4 is 10.4 Å². The van der Waals surface area contributed by atoms with Crippen LogP contribution in [0.4, 0.5) is 5.69 Å². The molecule has 2 fully saturated rings. The Morgan fingerprint density at radius 1 is 0.946 bits per heavy atom. The topological polar surface area (TPSA) is 3.24 Å². The second-order valence-electron chi connectivity index (χ2n) is 13.0. The number of anilines is 1. The van der Waals surface area contributed by atoms with Gasteiger partial charge >= 0.3 is 0 Å². The third-order valence-corrected chi connectivity index (χ3v) is 9.71. The predicted molar refractivity (Wildman–Crippen MR) is 166 cm³/mol. The van der Waals surface area contributed by atoms with Crippen LogP contribution in [0.15, 0.2) is 79.0 Å². The van der Waals surface area contributed by atoms with Crippen molar-refractivity contribution in [3.05, 3.63) is 90.2 Å². The SMILES string of the molecule is C=C(/C=C/c1cccc(N(Cc2ccc(B3CC(C)(C)C(C)(C)C3)cc2)C(=C)C2CCCCC2)c1)CC. The van der Waals surface area contributed by atoms with Crippen LogP contribution in [0.25, 0.3) is 6.08 Å². The first-order valence-electron chi connectivity index (χ1n) is 14.6. The Kier molecular flexibility index (Phi) is 8.57. The molecular weight excluding hydrogens is 445 g/mol. The molecule has 196 valence electrons. The van der Waals surface area contributed by atoms with Crippen molar-refractivity contribution < 1.29 is 0 Å². The van der Waals surface area contributed by atoms with E-state index in [4.69, 9.17) is 0 Å². The van der Waals surface area contributed by atoms with E-state index >= 15 is 0 Å². The average Bonchev–Trinajstić information content (AvgIpc) is 3.12. The zero-order valence-corrected chi connectivity index (χ0v) is 24.2. The summed E-state index contributed by atoms with van der Waals surface area (Å²) in [4.78, 5) is 2.48. The molecule has 0 amide bonds. The molecule has 37 heavy (non-hydrogen) atoms. The Hall–Kier alpha value is -2.48. The van der Waals surface area contributed by atoms with Crippen molar-refractivity contribution in [3.8, 4) is 0 Å². The van der Waals surface area contributed by atoms with Gasteiger partial charge in [0.15, 0.2) is 6.71 Å². The molecule has 2 aromatic rings. The minimum atomic E-state index is 0.383. The summed E-state index contributed by atoms with van der Waals surface area (Å²) in [5, 5.41) is 0. The van der Waals surface area contributed by atoms with E-state index in [2.05, 4.69) is 113 Å². The van der Waals surface area contributed by atoms with Gasteiger partial charge in [-0.2, -0.15) is 0 Å². The largest absolute Gasteiger partial charge is 0.341 e. The lowest BCUT2D eigenvalue weighted by molar-refractivity contribution is 0.177. The number of nitrogens with zero attached hydrogens (tertiary/aromatic N) is 1. The predicted octanol–water partition coefficient (Wildman–Crippen LogP) is 9.53. The summed E-state index contributed by atoms with van der Waals surface area (Å²) in [6.07, 6.45) is 14.4. The summed E-state index contributed by atoms with van der Waals surface area (Å²) in [5.41, 5.74) is 8.52. The molecule has 1 heterocycles. The van der Waals surface area contributed by atoms with E-state index in [9.17, 15) is 0 Å². The molecule has 1 aliphatic heterocycles. The highest BCUT2D eigenvalue weighted by Crippen LogP contribution is 2.52. The van der Waals surface area contributed by atoms with Gasteiger partial charge < -0.3 is 4.90 Å². The number of hydrogen-bond donors (Lipinski definition) is 0. The van der Waals surface area contributed by atoms with E-state index in [0.717, 1.165) is 18.5 Å². The highest BCUT2D eigenvalue weighted by Gasteiger charge is 2.47. The van der Waals surface area contributed by atoms with Crippen LogP contribution in [0.2, 0.25) is 12.6 Å². The second kappa shape index (κ2) is 11.5. The molecule has 0 N–H and O–H groups in total. The Labute approximate surface area is 227 Å². The number of hydrogen-bond acceptors (Lipinski definition) is 1. The molecule has 1 aliphatic carbocycles. The van der Waals surface area contributed by atoms with Crippen LogP contribution in [0, 0.1) is 16.7 Å². The summed E-state index contributed by atoms with van der Waals surface area (Å²) in [5.74, 6) is 0.579. The normalized spacial score (nSPS) is 19.3. The van der Waals surface area contributed by atoms with Crippen LogP contribution >= 0.6 is 0 Å². The standard InChI is InChI=1S/C35H48BN/c1-8-27(2)17-18-29-13-12-16-33(23-29)37(28(3)31-14-10-9-11-15-31)24-30-19-21-32(22-20-30)36-25-34(4,5)35(6,7)26-36/h12-13,16-23,31H,2-3,8-11,14-15,24-26H2,1,4-7H3/b18-17+. The van der Waals surface area contributed by atoms with Crippen molar-refractivity contribution in [3.63, 3.8) is 0 Å². The van der Waals surface area contributed by atoms with Gasteiger partial charge in [-0.15, -0.1) is 0 Å². The molecule has 0 aromatic heterocycles. The van der Waals surface area contributed by atoms with E-state index in [1.165, 1.54) is 72.7 Å². The van der Waals surface area contributed by atoms with Crippen molar-refractivity contribution in [2.45, 2.75) is 92.3 Å². The first-order chi connectivity index (χ1) is 17.6. The minimum absolute atomic E-state index is 0.383. The lowest BCUT2D eigenvalue weighted by Gasteiger charge is -2.35. The molecule has 1 saturated heterocycles. The zero-order chi connectivity index (χ0) is 26.6. The van der Waals surface area contributed by atoms with Gasteiger partial charge in [-0.05, 0) is 59.3 Å². The highest BCUT2D eigenvalue weighted by molar-refractivity contribution is 6.74. The molecule has 2 aromatic carbocycles. The van der Waals surface area contributed by atoms with Crippen LogP contribution in [0.5, 0.6) is 0 Å². The third-order valence-electron chi connectivity index (χ3n) is 9.71. The van der Waals surface area contributed by atoms with Gasteiger partial charge in [0.1, 0.15) is 0 Å². The Bertz CT molecular complexity index is 1100. The fraction of sp³-hybridized carbons (Fsp3) is 0.486. The Morgan fingerprint density at radius 3 is 2.22 bits per heavy atom. The van der Waals surface area contributed by atoms with E-state index in [-0.39, 0.29) is 0 Å². The Morgan fingerprint density at radius 2 is 1.59 bits per heavy atom. The Balaban J connectivity index is 1.57. The first kappa shape index (κ1) is 27.6. The van der Waals surface area contributed by atoms with E-state index in [1.807, 2.05) is 0 Å². The molecule has 0 bridgehead atoms.